The lowest BCUT2D eigenvalue weighted by molar-refractivity contribution is -0.171. The van der Waals surface area contributed by atoms with Gasteiger partial charge >= 0.3 is 24.1 Å². The number of rotatable bonds is 25. The summed E-state index contributed by atoms with van der Waals surface area (Å²) in [6.07, 6.45) is 1.21. The molecule has 424 valence electrons. The number of carbonyl (C=O) groups excluding carboxylic acids is 5. The van der Waals surface area contributed by atoms with Crippen molar-refractivity contribution in [2.45, 2.75) is 145 Å². The minimum absolute atomic E-state index is 0.0279. The van der Waals surface area contributed by atoms with Gasteiger partial charge in [-0.15, -0.1) is 0 Å². The van der Waals surface area contributed by atoms with Gasteiger partial charge in [-0.2, -0.15) is 0 Å². The Bertz CT molecular complexity index is 2920. The van der Waals surface area contributed by atoms with E-state index in [0.29, 0.717) is 19.5 Å². The third-order valence-electron chi connectivity index (χ3n) is 14.5. The summed E-state index contributed by atoms with van der Waals surface area (Å²) in [7, 11) is 1.41. The van der Waals surface area contributed by atoms with E-state index in [4.69, 9.17) is 29.4 Å². The second kappa shape index (κ2) is 31.3. The van der Waals surface area contributed by atoms with Gasteiger partial charge in [-0.05, 0) is 109 Å². The summed E-state index contributed by atoms with van der Waals surface area (Å²) in [5.74, 6) is -1.87. The molecule has 14 nitrogen and oxygen atoms in total. The van der Waals surface area contributed by atoms with Crippen molar-refractivity contribution in [2.75, 3.05) is 26.8 Å². The van der Waals surface area contributed by atoms with Gasteiger partial charge in [0.15, 0.2) is 0 Å². The zero-order valence-electron chi connectivity index (χ0n) is 48.2. The first kappa shape index (κ1) is 62.6. The van der Waals surface area contributed by atoms with Crippen LogP contribution in [0.2, 0.25) is 0 Å². The normalized spacial score (nSPS) is 14.2. The number of nitrogens with one attached hydrogen (secondary N) is 1. The van der Waals surface area contributed by atoms with Gasteiger partial charge in [-0.3, -0.25) is 9.59 Å². The van der Waals surface area contributed by atoms with Crippen LogP contribution in [0.5, 0.6) is 0 Å². The first-order chi connectivity index (χ1) is 37.8. The van der Waals surface area contributed by atoms with Crippen molar-refractivity contribution in [1.82, 2.24) is 15.1 Å². The topological polar surface area (TPSA) is 176 Å². The van der Waals surface area contributed by atoms with Crippen LogP contribution in [0.4, 0.5) is 9.59 Å². The van der Waals surface area contributed by atoms with Crippen molar-refractivity contribution in [1.29, 1.82) is 0 Å². The highest BCUT2D eigenvalue weighted by atomic mass is 16.7. The average Bonchev–Trinajstić information content (AvgIpc) is 3.45. The van der Waals surface area contributed by atoms with Crippen molar-refractivity contribution in [3.8, 4) is 0 Å². The summed E-state index contributed by atoms with van der Waals surface area (Å²) in [5.41, 5.74) is 12.9. The Hall–Kier alpha value is -7.29. The first-order valence-corrected chi connectivity index (χ1v) is 27.8. The molecule has 0 saturated heterocycles. The van der Waals surface area contributed by atoms with Gasteiger partial charge in [0.1, 0.15) is 18.7 Å². The van der Waals surface area contributed by atoms with Gasteiger partial charge < -0.3 is 44.5 Å². The Morgan fingerprint density at radius 3 is 1.38 bits per heavy atom. The van der Waals surface area contributed by atoms with Crippen molar-refractivity contribution >= 4 is 51.6 Å². The van der Waals surface area contributed by atoms with Crippen LogP contribution < -0.4 is 11.1 Å². The van der Waals surface area contributed by atoms with E-state index in [1.54, 1.807) is 16.7 Å². The van der Waals surface area contributed by atoms with Crippen molar-refractivity contribution in [3.05, 3.63) is 167 Å². The molecular formula is C65H84N4O10. The molecule has 0 aliphatic carbocycles. The molecule has 0 aliphatic heterocycles. The molecule has 3 N–H and O–H groups in total. The number of amides is 3. The Balaban J connectivity index is 0.000000293. The van der Waals surface area contributed by atoms with Crippen molar-refractivity contribution in [2.24, 2.45) is 17.6 Å². The lowest BCUT2D eigenvalue weighted by Gasteiger charge is -2.31. The van der Waals surface area contributed by atoms with Crippen LogP contribution >= 0.6 is 0 Å². The number of carbonyl (C=O) groups is 5. The second-order valence-corrected chi connectivity index (χ2v) is 20.6. The molecule has 8 atom stereocenters. The van der Waals surface area contributed by atoms with Crippen molar-refractivity contribution in [3.63, 3.8) is 0 Å². The van der Waals surface area contributed by atoms with E-state index >= 15 is 0 Å². The Kier molecular flexibility index (Phi) is 24.8. The molecule has 0 spiro atoms. The lowest BCUT2D eigenvalue weighted by Crippen LogP contribution is -2.48. The number of hydrogen-bond acceptors (Lipinski definition) is 11. The molecule has 0 saturated carbocycles. The number of nitrogens with two attached hydrogens (primary N) is 1. The second-order valence-electron chi connectivity index (χ2n) is 20.6. The minimum atomic E-state index is -1.16. The van der Waals surface area contributed by atoms with Crippen molar-refractivity contribution < 1.29 is 47.7 Å². The Morgan fingerprint density at radius 2 is 0.949 bits per heavy atom. The maximum absolute atomic E-state index is 13.6. The smallest absolute Gasteiger partial charge is 0.413 e. The van der Waals surface area contributed by atoms with E-state index in [-0.39, 0.29) is 30.5 Å². The fourth-order valence-electron chi connectivity index (χ4n) is 9.54. The number of aryl methyl sites for hydroxylation is 4. The number of benzene rings is 6. The van der Waals surface area contributed by atoms with Crippen LogP contribution in [0.25, 0.3) is 21.5 Å². The van der Waals surface area contributed by atoms with Gasteiger partial charge in [-0.25, -0.2) is 14.4 Å². The van der Waals surface area contributed by atoms with E-state index in [9.17, 15) is 24.0 Å². The van der Waals surface area contributed by atoms with Gasteiger partial charge in [0.25, 0.3) is 0 Å². The zero-order chi connectivity index (χ0) is 57.6. The molecule has 6 aromatic carbocycles. The predicted octanol–water partition coefficient (Wildman–Crippen LogP) is 12.9. The van der Waals surface area contributed by atoms with Crippen LogP contribution in [-0.2, 0) is 50.9 Å². The lowest BCUT2D eigenvalue weighted by atomic mass is 9.98. The summed E-state index contributed by atoms with van der Waals surface area (Å²) >= 11 is 0. The molecule has 6 aromatic rings. The Labute approximate surface area is 468 Å². The number of hydrogen-bond donors (Lipinski definition) is 2. The van der Waals surface area contributed by atoms with Crippen LogP contribution in [-0.4, -0.2) is 91.3 Å². The molecule has 0 heterocycles. The number of esters is 2. The molecule has 0 aromatic heterocycles. The summed E-state index contributed by atoms with van der Waals surface area (Å²) in [4.78, 5) is 68.0. The predicted molar refractivity (Wildman–Crippen MR) is 312 cm³/mol. The van der Waals surface area contributed by atoms with Gasteiger partial charge in [0.05, 0.1) is 12.1 Å². The van der Waals surface area contributed by atoms with Gasteiger partial charge in [0.2, 0.25) is 18.5 Å². The molecule has 6 rings (SSSR count). The SMILES string of the molecule is CCC(C)C(N)C(=O)OC(C)OC(=O)N(CCCc1cccc(C)c1)[C@H](C)c1cccc2ccccc12.CCC(C)C(NC(=O)COC)C(=O)OC(C)OC(=O)N(CCCc1cccc(C)c1)[C@H](C)c1cccc2ccccc12. The first-order valence-electron chi connectivity index (χ1n) is 27.8. The molecule has 0 radical (unpaired) electrons. The summed E-state index contributed by atoms with van der Waals surface area (Å²) in [6, 6.07) is 42.9. The average molecular weight is 1080 g/mol. The van der Waals surface area contributed by atoms with E-state index in [0.717, 1.165) is 64.8 Å². The molecule has 0 bridgehead atoms. The quantitative estimate of drug-likeness (QED) is 0.0412. The van der Waals surface area contributed by atoms with E-state index < -0.39 is 54.7 Å². The largest absolute Gasteiger partial charge is 0.424 e. The summed E-state index contributed by atoms with van der Waals surface area (Å²) < 4.78 is 27.0. The molecule has 79 heavy (non-hydrogen) atoms. The highest BCUT2D eigenvalue weighted by molar-refractivity contribution is 5.88. The fourth-order valence-corrected chi connectivity index (χ4v) is 9.54. The molecule has 0 fully saturated rings. The van der Waals surface area contributed by atoms with E-state index in [2.05, 4.69) is 85.9 Å². The van der Waals surface area contributed by atoms with Crippen LogP contribution in [0.15, 0.2) is 133 Å². The van der Waals surface area contributed by atoms with Gasteiger partial charge in [-0.1, -0.05) is 185 Å². The molecular weight excluding hydrogens is 997 g/mol. The minimum Gasteiger partial charge on any atom is -0.424 e. The van der Waals surface area contributed by atoms with E-state index in [1.165, 1.54) is 36.3 Å². The number of fused-ring (bicyclic) bond motifs is 2. The molecule has 14 heteroatoms. The number of methoxy groups -OCH3 is 1. The highest BCUT2D eigenvalue weighted by Crippen LogP contribution is 2.31. The standard InChI is InChI=1S/C34H44N2O6.C31H40N2O4/c1-7-24(3)32(35-31(37)22-40-6)33(38)41-26(5)42-34(39)36(20-12-15-27-14-10-13-23(2)21-27)25(4)29-19-11-17-28-16-8-9-18-30(28)29;1-6-22(3)29(32)30(34)36-24(5)37-31(35)33(19-11-14-25-13-9-12-21(2)20-25)23(4)27-18-10-16-26-15-7-8-17-28(26)27/h8-11,13-14,16-19,21,24-26,32H,7,12,15,20,22H2,1-6H3,(H,35,37);7-10,12-13,15-18,20,22-24,29H,6,11,14,19,32H2,1-5H3/t24?,25-,26?,32?;22?,23-,24?,29?/m11/s1. The summed E-state index contributed by atoms with van der Waals surface area (Å²) in [5, 5.41) is 7.02. The fraction of sp³-hybridized carbons (Fsp3) is 0.431. The van der Waals surface area contributed by atoms with E-state index in [1.807, 2.05) is 108 Å². The maximum Gasteiger partial charge on any atom is 0.413 e. The third-order valence-corrected chi connectivity index (χ3v) is 14.5. The highest BCUT2D eigenvalue weighted by Gasteiger charge is 2.32. The molecule has 0 aliphatic rings. The van der Waals surface area contributed by atoms with Gasteiger partial charge in [0, 0.05) is 34.0 Å². The molecule has 6 unspecified atom stereocenters. The maximum atomic E-state index is 13.6. The summed E-state index contributed by atoms with van der Waals surface area (Å²) in [6.45, 7) is 19.6. The van der Waals surface area contributed by atoms with Crippen LogP contribution in [0.3, 0.4) is 0 Å². The monoisotopic (exact) mass is 1080 g/mol. The van der Waals surface area contributed by atoms with Crippen LogP contribution in [0.1, 0.15) is 127 Å². The Morgan fingerprint density at radius 1 is 0.532 bits per heavy atom. The number of nitrogens with zero attached hydrogens (tertiary/aromatic N) is 2. The third kappa shape index (κ3) is 18.7. The van der Waals surface area contributed by atoms with Crippen LogP contribution in [0, 0.1) is 25.7 Å². The number of ether oxygens (including phenoxy) is 5. The molecule has 3 amide bonds. The zero-order valence-corrected chi connectivity index (χ0v) is 48.2.